The van der Waals surface area contributed by atoms with Crippen LogP contribution in [0.3, 0.4) is 0 Å². The van der Waals surface area contributed by atoms with Crippen LogP contribution in [0.1, 0.15) is 6.42 Å². The molecule has 2 rings (SSSR count). The molecule has 7 heteroatoms. The summed E-state index contributed by atoms with van der Waals surface area (Å²) in [5, 5.41) is 2.53. The fraction of sp³-hybridized carbons (Fsp3) is 0.750. The lowest BCUT2D eigenvalue weighted by Gasteiger charge is -2.19. The van der Waals surface area contributed by atoms with Gasteiger partial charge in [-0.05, 0) is 6.42 Å². The van der Waals surface area contributed by atoms with Gasteiger partial charge in [-0.1, -0.05) is 11.8 Å². The average Bonchev–Trinajstić information content (AvgIpc) is 2.73. The molecule has 0 saturated carbocycles. The minimum absolute atomic E-state index is 0. The van der Waals surface area contributed by atoms with E-state index in [-0.39, 0.29) is 35.6 Å². The number of nitrogens with one attached hydrogen (secondary N) is 1. The Morgan fingerprint density at radius 3 is 2.80 bits per heavy atom. The van der Waals surface area contributed by atoms with Gasteiger partial charge in [0.2, 0.25) is 5.91 Å². The number of nitrogens with two attached hydrogens (primary N) is 1. The number of thioether (sulfide) groups is 1. The van der Waals surface area contributed by atoms with Crippen molar-refractivity contribution in [3.05, 3.63) is 0 Å². The molecule has 0 aromatic heterocycles. The molecule has 0 aromatic rings. The second-order valence-corrected chi connectivity index (χ2v) is 4.62. The number of hydrogen-bond donors (Lipinski definition) is 2. The van der Waals surface area contributed by atoms with E-state index in [1.807, 2.05) is 0 Å². The van der Waals surface area contributed by atoms with E-state index in [0.29, 0.717) is 12.3 Å². The Hall–Kier alpha value is -0.460. The molecular formula is C8H14ClN3O2S. The summed E-state index contributed by atoms with van der Waals surface area (Å²) in [5.74, 6) is 0.556. The molecule has 2 aliphatic rings. The number of likely N-dealkylation sites (tertiary alicyclic amines) is 1. The van der Waals surface area contributed by atoms with E-state index >= 15 is 0 Å². The highest BCUT2D eigenvalue weighted by Crippen LogP contribution is 2.17. The second-order valence-electron chi connectivity index (χ2n) is 3.63. The third-order valence-corrected chi connectivity index (χ3v) is 3.39. The predicted molar refractivity (Wildman–Crippen MR) is 61.2 cm³/mol. The quantitative estimate of drug-likeness (QED) is 0.677. The summed E-state index contributed by atoms with van der Waals surface area (Å²) in [6.07, 6.45) is 0.861. The molecule has 86 valence electrons. The third kappa shape index (κ3) is 2.76. The molecule has 2 fully saturated rings. The molecule has 0 unspecified atom stereocenters. The van der Waals surface area contributed by atoms with Gasteiger partial charge in [0.05, 0.1) is 0 Å². The summed E-state index contributed by atoms with van der Waals surface area (Å²) in [5.41, 5.74) is 5.70. The lowest BCUT2D eigenvalue weighted by molar-refractivity contribution is -0.131. The molecule has 0 aromatic carbocycles. The molecule has 5 nitrogen and oxygen atoms in total. The first-order chi connectivity index (χ1) is 6.66. The molecule has 0 bridgehead atoms. The van der Waals surface area contributed by atoms with Crippen molar-refractivity contribution in [3.63, 3.8) is 0 Å². The first-order valence-corrected chi connectivity index (χ1v) is 5.63. The van der Waals surface area contributed by atoms with Crippen LogP contribution in [0.2, 0.25) is 0 Å². The fourth-order valence-corrected chi connectivity index (χ4v) is 2.50. The van der Waals surface area contributed by atoms with Gasteiger partial charge in [-0.25, -0.2) is 0 Å². The summed E-state index contributed by atoms with van der Waals surface area (Å²) in [7, 11) is 0. The maximum atomic E-state index is 11.8. The predicted octanol–water partition coefficient (Wildman–Crippen LogP) is -0.207. The zero-order valence-corrected chi connectivity index (χ0v) is 9.77. The normalized spacial score (nSPS) is 29.9. The summed E-state index contributed by atoms with van der Waals surface area (Å²) in [6.45, 7) is 1.34. The summed E-state index contributed by atoms with van der Waals surface area (Å²) < 4.78 is 0. The summed E-state index contributed by atoms with van der Waals surface area (Å²) >= 11 is 1.16. The van der Waals surface area contributed by atoms with Crippen LogP contribution in [-0.2, 0) is 4.79 Å². The van der Waals surface area contributed by atoms with Crippen LogP contribution >= 0.6 is 24.2 Å². The second kappa shape index (κ2) is 5.05. The molecule has 2 heterocycles. The average molecular weight is 252 g/mol. The number of halogens is 1. The largest absolute Gasteiger partial charge is 0.339 e. The van der Waals surface area contributed by atoms with E-state index in [1.54, 1.807) is 4.90 Å². The fourth-order valence-electron chi connectivity index (χ4n) is 1.73. The van der Waals surface area contributed by atoms with Crippen LogP contribution in [0.5, 0.6) is 0 Å². The van der Waals surface area contributed by atoms with E-state index in [0.717, 1.165) is 24.7 Å². The first kappa shape index (κ1) is 12.6. The number of amides is 2. The molecule has 0 aliphatic carbocycles. The van der Waals surface area contributed by atoms with E-state index in [2.05, 4.69) is 5.32 Å². The van der Waals surface area contributed by atoms with E-state index < -0.39 is 0 Å². The van der Waals surface area contributed by atoms with Gasteiger partial charge in [0.25, 0.3) is 5.24 Å². The van der Waals surface area contributed by atoms with E-state index in [1.165, 1.54) is 0 Å². The zero-order valence-electron chi connectivity index (χ0n) is 8.14. The molecular weight excluding hydrogens is 238 g/mol. The molecule has 3 N–H and O–H groups in total. The minimum Gasteiger partial charge on any atom is -0.339 e. The zero-order chi connectivity index (χ0) is 10.1. The smallest absolute Gasteiger partial charge is 0.279 e. The molecule has 2 atom stereocenters. The van der Waals surface area contributed by atoms with Gasteiger partial charge < -0.3 is 16.0 Å². The van der Waals surface area contributed by atoms with Crippen LogP contribution < -0.4 is 11.1 Å². The monoisotopic (exact) mass is 251 g/mol. The third-order valence-electron chi connectivity index (χ3n) is 2.51. The number of rotatable bonds is 1. The molecule has 2 amide bonds. The number of carbonyl (C=O) groups excluding carboxylic acids is 2. The van der Waals surface area contributed by atoms with Crippen molar-refractivity contribution in [2.24, 2.45) is 5.73 Å². The first-order valence-electron chi connectivity index (χ1n) is 4.64. The van der Waals surface area contributed by atoms with Crippen LogP contribution in [0, 0.1) is 0 Å². The van der Waals surface area contributed by atoms with Gasteiger partial charge in [-0.3, -0.25) is 9.59 Å². The van der Waals surface area contributed by atoms with Crippen molar-refractivity contribution in [2.45, 2.75) is 18.5 Å². The molecule has 2 aliphatic heterocycles. The molecule has 0 spiro atoms. The topological polar surface area (TPSA) is 75.4 Å². The van der Waals surface area contributed by atoms with Gasteiger partial charge in [-0.15, -0.1) is 12.4 Å². The van der Waals surface area contributed by atoms with Crippen molar-refractivity contribution in [2.75, 3.05) is 18.8 Å². The number of hydrogen-bond acceptors (Lipinski definition) is 4. The highest BCUT2D eigenvalue weighted by atomic mass is 35.5. The van der Waals surface area contributed by atoms with Crippen LogP contribution in [-0.4, -0.2) is 47.0 Å². The number of carbonyl (C=O) groups is 2. The van der Waals surface area contributed by atoms with Gasteiger partial charge >= 0.3 is 0 Å². The summed E-state index contributed by atoms with van der Waals surface area (Å²) in [4.78, 5) is 24.4. The van der Waals surface area contributed by atoms with Crippen LogP contribution in [0.15, 0.2) is 0 Å². The lowest BCUT2D eigenvalue weighted by atomic mass is 10.3. The Balaban J connectivity index is 0.00000112. The van der Waals surface area contributed by atoms with Gasteiger partial charge in [0.1, 0.15) is 6.04 Å². The van der Waals surface area contributed by atoms with Crippen LogP contribution in [0.25, 0.3) is 0 Å². The highest BCUT2D eigenvalue weighted by molar-refractivity contribution is 8.14. The van der Waals surface area contributed by atoms with Crippen molar-refractivity contribution in [3.8, 4) is 0 Å². The molecule has 2 saturated heterocycles. The summed E-state index contributed by atoms with van der Waals surface area (Å²) in [6, 6.07) is -0.235. The number of nitrogens with zero attached hydrogens (tertiary/aromatic N) is 1. The van der Waals surface area contributed by atoms with Gasteiger partial charge in [0, 0.05) is 24.9 Å². The van der Waals surface area contributed by atoms with Gasteiger partial charge in [0.15, 0.2) is 0 Å². The van der Waals surface area contributed by atoms with Crippen molar-refractivity contribution in [1.29, 1.82) is 0 Å². The SMILES string of the molecule is Cl.N[C@H]1CCN(C(=O)[C@@H]2CSC(=O)N2)C1. The van der Waals surface area contributed by atoms with Crippen molar-refractivity contribution < 1.29 is 9.59 Å². The Morgan fingerprint density at radius 1 is 1.60 bits per heavy atom. The highest BCUT2D eigenvalue weighted by Gasteiger charge is 2.33. The maximum Gasteiger partial charge on any atom is 0.279 e. The molecule has 15 heavy (non-hydrogen) atoms. The van der Waals surface area contributed by atoms with Crippen LogP contribution in [0.4, 0.5) is 4.79 Å². The van der Waals surface area contributed by atoms with E-state index in [4.69, 9.17) is 5.73 Å². The Bertz CT molecular complexity index is 277. The molecule has 0 radical (unpaired) electrons. The van der Waals surface area contributed by atoms with Crippen molar-refractivity contribution in [1.82, 2.24) is 10.2 Å². The Kier molecular flexibility index (Phi) is 4.24. The Labute approximate surface area is 98.5 Å². The minimum atomic E-state index is -0.335. The standard InChI is InChI=1S/C8H13N3O2S.ClH/c9-5-1-2-11(3-5)7(12)6-4-14-8(13)10-6;/h5-6H,1-4,9H2,(H,10,13);1H/t5-,6-;/m0./s1. The lowest BCUT2D eigenvalue weighted by Crippen LogP contribution is -2.45. The Morgan fingerprint density at radius 2 is 2.33 bits per heavy atom. The maximum absolute atomic E-state index is 11.8. The van der Waals surface area contributed by atoms with Crippen molar-refractivity contribution >= 4 is 35.3 Å². The van der Waals surface area contributed by atoms with Gasteiger partial charge in [-0.2, -0.15) is 0 Å². The van der Waals surface area contributed by atoms with E-state index in [9.17, 15) is 9.59 Å².